The molecule has 0 saturated carbocycles. The first kappa shape index (κ1) is 13.3. The lowest BCUT2D eigenvalue weighted by molar-refractivity contribution is -0.120. The minimum atomic E-state index is 0.0883. The largest absolute Gasteiger partial charge is 0.486 e. The highest BCUT2D eigenvalue weighted by Crippen LogP contribution is 2.16. The molecule has 98 valence electrons. The second-order valence-corrected chi connectivity index (χ2v) is 4.81. The van der Waals surface area contributed by atoms with Gasteiger partial charge in [-0.2, -0.15) is 0 Å². The minimum absolute atomic E-state index is 0.0883. The highest BCUT2D eigenvalue weighted by molar-refractivity contribution is 5.82. The van der Waals surface area contributed by atoms with Crippen molar-refractivity contribution in [2.45, 2.75) is 20.3 Å². The molecular formula is C17H18O2. The lowest BCUT2D eigenvalue weighted by Crippen LogP contribution is -2.13. The molecule has 2 nitrogen and oxygen atoms in total. The van der Waals surface area contributed by atoms with Crippen LogP contribution in [0.3, 0.4) is 0 Å². The van der Waals surface area contributed by atoms with Crippen molar-refractivity contribution in [3.05, 3.63) is 65.2 Å². The van der Waals surface area contributed by atoms with E-state index in [1.165, 1.54) is 0 Å². The summed E-state index contributed by atoms with van der Waals surface area (Å²) >= 11 is 0. The van der Waals surface area contributed by atoms with Crippen LogP contribution in [0, 0.1) is 13.8 Å². The van der Waals surface area contributed by atoms with Crippen molar-refractivity contribution in [1.29, 1.82) is 0 Å². The van der Waals surface area contributed by atoms with Gasteiger partial charge < -0.3 is 4.74 Å². The Morgan fingerprint density at radius 2 is 1.63 bits per heavy atom. The van der Waals surface area contributed by atoms with Crippen LogP contribution in [0.5, 0.6) is 5.75 Å². The smallest absolute Gasteiger partial charge is 0.174 e. The molecule has 2 heteroatoms. The monoisotopic (exact) mass is 254 g/mol. The standard InChI is InChI=1S/C17H18O2/c1-13-8-14(2)10-17(9-13)19-12-16(18)11-15-6-4-3-5-7-15/h3-10H,11-12H2,1-2H3. The van der Waals surface area contributed by atoms with Crippen molar-refractivity contribution in [3.63, 3.8) is 0 Å². The van der Waals surface area contributed by atoms with Crippen LogP contribution in [0.1, 0.15) is 16.7 Å². The van der Waals surface area contributed by atoms with Gasteiger partial charge in [-0.3, -0.25) is 4.79 Å². The Kier molecular flexibility index (Phi) is 4.35. The fourth-order valence-electron chi connectivity index (χ4n) is 2.05. The van der Waals surface area contributed by atoms with Crippen LogP contribution in [0.2, 0.25) is 0 Å². The molecule has 19 heavy (non-hydrogen) atoms. The lowest BCUT2D eigenvalue weighted by Gasteiger charge is -2.07. The topological polar surface area (TPSA) is 26.3 Å². The van der Waals surface area contributed by atoms with Gasteiger partial charge in [0.2, 0.25) is 0 Å². The average molecular weight is 254 g/mol. The van der Waals surface area contributed by atoms with Gasteiger partial charge in [-0.15, -0.1) is 0 Å². The van der Waals surface area contributed by atoms with Crippen molar-refractivity contribution in [2.75, 3.05) is 6.61 Å². The first-order valence-electron chi connectivity index (χ1n) is 6.40. The van der Waals surface area contributed by atoms with Crippen LogP contribution < -0.4 is 4.74 Å². The Morgan fingerprint density at radius 1 is 1.00 bits per heavy atom. The summed E-state index contributed by atoms with van der Waals surface area (Å²) < 4.78 is 5.55. The molecule has 0 N–H and O–H groups in total. The molecule has 0 heterocycles. The number of rotatable bonds is 5. The molecule has 0 aliphatic carbocycles. The lowest BCUT2D eigenvalue weighted by atomic mass is 10.1. The summed E-state index contributed by atoms with van der Waals surface area (Å²) in [6.07, 6.45) is 0.422. The fraction of sp³-hybridized carbons (Fsp3) is 0.235. The van der Waals surface area contributed by atoms with E-state index >= 15 is 0 Å². The van der Waals surface area contributed by atoms with Crippen molar-refractivity contribution >= 4 is 5.78 Å². The Hall–Kier alpha value is -2.09. The Balaban J connectivity index is 1.90. The maximum atomic E-state index is 11.8. The molecule has 0 atom stereocenters. The number of carbonyl (C=O) groups excluding carboxylic acids is 1. The van der Waals surface area contributed by atoms with Crippen molar-refractivity contribution in [2.24, 2.45) is 0 Å². The third-order valence-electron chi connectivity index (χ3n) is 2.84. The normalized spacial score (nSPS) is 10.2. The van der Waals surface area contributed by atoms with E-state index in [-0.39, 0.29) is 12.4 Å². The maximum Gasteiger partial charge on any atom is 0.174 e. The maximum absolute atomic E-state index is 11.8. The predicted molar refractivity (Wildman–Crippen MR) is 76.6 cm³/mol. The number of ether oxygens (including phenoxy) is 1. The second-order valence-electron chi connectivity index (χ2n) is 4.81. The minimum Gasteiger partial charge on any atom is -0.486 e. The van der Waals surface area contributed by atoms with E-state index in [1.807, 2.05) is 56.3 Å². The summed E-state index contributed by atoms with van der Waals surface area (Å²) in [6, 6.07) is 15.7. The third-order valence-corrected chi connectivity index (χ3v) is 2.84. The molecular weight excluding hydrogens is 236 g/mol. The molecule has 2 aromatic carbocycles. The molecule has 0 fully saturated rings. The van der Waals surface area contributed by atoms with Gasteiger partial charge in [-0.1, -0.05) is 36.4 Å². The molecule has 0 bridgehead atoms. The highest BCUT2D eigenvalue weighted by Gasteiger charge is 2.05. The van der Waals surface area contributed by atoms with Gasteiger partial charge in [0.15, 0.2) is 5.78 Å². The van der Waals surface area contributed by atoms with E-state index in [2.05, 4.69) is 6.07 Å². The van der Waals surface area contributed by atoms with Crippen LogP contribution in [0.4, 0.5) is 0 Å². The van der Waals surface area contributed by atoms with Crippen molar-refractivity contribution < 1.29 is 9.53 Å². The first-order valence-corrected chi connectivity index (χ1v) is 6.40. The zero-order chi connectivity index (χ0) is 13.7. The quantitative estimate of drug-likeness (QED) is 0.816. The molecule has 0 amide bonds. The summed E-state index contributed by atoms with van der Waals surface area (Å²) in [4.78, 5) is 11.8. The van der Waals surface area contributed by atoms with Gasteiger partial charge in [0.05, 0.1) is 0 Å². The SMILES string of the molecule is Cc1cc(C)cc(OCC(=O)Cc2ccccc2)c1. The van der Waals surface area contributed by atoms with E-state index in [0.717, 1.165) is 22.4 Å². The highest BCUT2D eigenvalue weighted by atomic mass is 16.5. The first-order chi connectivity index (χ1) is 9.13. The molecule has 0 aliphatic heterocycles. The number of ketones is 1. The molecule has 2 aromatic rings. The Labute approximate surface area is 114 Å². The van der Waals surface area contributed by atoms with Crippen molar-refractivity contribution in [1.82, 2.24) is 0 Å². The van der Waals surface area contributed by atoms with Crippen LogP contribution >= 0.6 is 0 Å². The second kappa shape index (κ2) is 6.19. The van der Waals surface area contributed by atoms with E-state index in [9.17, 15) is 4.79 Å². The molecule has 0 aliphatic rings. The summed E-state index contributed by atoms with van der Waals surface area (Å²) in [5, 5.41) is 0. The number of hydrogen-bond acceptors (Lipinski definition) is 2. The number of Topliss-reactive ketones (excluding diaryl/α,β-unsaturated/α-hetero) is 1. The van der Waals surface area contributed by atoms with Gasteiger partial charge in [0.1, 0.15) is 12.4 Å². The van der Waals surface area contributed by atoms with E-state index in [4.69, 9.17) is 4.74 Å². The molecule has 0 radical (unpaired) electrons. The van der Waals surface area contributed by atoms with Gasteiger partial charge in [-0.05, 0) is 42.7 Å². The molecule has 0 spiro atoms. The summed E-state index contributed by atoms with van der Waals surface area (Å²) in [5.41, 5.74) is 3.31. The summed E-state index contributed by atoms with van der Waals surface area (Å²) in [6.45, 7) is 4.16. The Morgan fingerprint density at radius 3 is 2.26 bits per heavy atom. The number of carbonyl (C=O) groups is 1. The Bertz CT molecular complexity index is 538. The zero-order valence-electron chi connectivity index (χ0n) is 11.3. The molecule has 0 saturated heterocycles. The number of benzene rings is 2. The number of aryl methyl sites for hydroxylation is 2. The van der Waals surface area contributed by atoms with Gasteiger partial charge in [-0.25, -0.2) is 0 Å². The van der Waals surface area contributed by atoms with E-state index in [1.54, 1.807) is 0 Å². The van der Waals surface area contributed by atoms with Crippen LogP contribution in [-0.2, 0) is 11.2 Å². The fourth-order valence-corrected chi connectivity index (χ4v) is 2.05. The molecule has 0 aromatic heterocycles. The van der Waals surface area contributed by atoms with E-state index in [0.29, 0.717) is 6.42 Å². The number of hydrogen-bond donors (Lipinski definition) is 0. The summed E-state index contributed by atoms with van der Waals surface area (Å²) in [5.74, 6) is 0.851. The van der Waals surface area contributed by atoms with Crippen LogP contribution in [-0.4, -0.2) is 12.4 Å². The van der Waals surface area contributed by atoms with E-state index < -0.39 is 0 Å². The average Bonchev–Trinajstić information content (AvgIpc) is 2.36. The predicted octanol–water partition coefficient (Wildman–Crippen LogP) is 3.49. The van der Waals surface area contributed by atoms with Crippen LogP contribution in [0.25, 0.3) is 0 Å². The van der Waals surface area contributed by atoms with Gasteiger partial charge >= 0.3 is 0 Å². The molecule has 0 unspecified atom stereocenters. The van der Waals surface area contributed by atoms with Crippen molar-refractivity contribution in [3.8, 4) is 5.75 Å². The molecule has 2 rings (SSSR count). The third kappa shape index (κ3) is 4.25. The zero-order valence-corrected chi connectivity index (χ0v) is 11.3. The van der Waals surface area contributed by atoms with Crippen LogP contribution in [0.15, 0.2) is 48.5 Å². The summed E-state index contributed by atoms with van der Waals surface area (Å²) in [7, 11) is 0. The van der Waals surface area contributed by atoms with Gasteiger partial charge in [0, 0.05) is 6.42 Å². The van der Waals surface area contributed by atoms with Gasteiger partial charge in [0.25, 0.3) is 0 Å².